The van der Waals surface area contributed by atoms with E-state index in [-0.39, 0.29) is 12.0 Å². The second kappa shape index (κ2) is 5.13. The quantitative estimate of drug-likeness (QED) is 0.858. The van der Waals surface area contributed by atoms with Crippen molar-refractivity contribution in [3.8, 4) is 0 Å². The van der Waals surface area contributed by atoms with Crippen molar-refractivity contribution in [2.24, 2.45) is 0 Å². The average Bonchev–Trinajstić information content (AvgIpc) is 2.95. The third-order valence-electron chi connectivity index (χ3n) is 3.78. The minimum absolute atomic E-state index is 0.200. The van der Waals surface area contributed by atoms with Gasteiger partial charge in [-0.05, 0) is 25.7 Å². The molecule has 104 valence electrons. The van der Waals surface area contributed by atoms with E-state index in [0.717, 1.165) is 11.7 Å². The van der Waals surface area contributed by atoms with Crippen molar-refractivity contribution in [3.05, 3.63) is 60.2 Å². The highest BCUT2D eigenvalue weighted by atomic mass is 16.5. The lowest BCUT2D eigenvalue weighted by Crippen LogP contribution is -2.31. The number of fused-ring (bicyclic) bond motifs is 1. The minimum atomic E-state index is 0.200. The molecule has 0 fully saturated rings. The van der Waals surface area contributed by atoms with Crippen molar-refractivity contribution in [1.82, 2.24) is 14.5 Å². The zero-order chi connectivity index (χ0) is 14.1. The Labute approximate surface area is 119 Å². The van der Waals surface area contributed by atoms with Crippen LogP contribution in [0.25, 0.3) is 5.88 Å². The summed E-state index contributed by atoms with van der Waals surface area (Å²) < 4.78 is 7.54. The van der Waals surface area contributed by atoms with E-state index in [1.54, 1.807) is 7.11 Å². The number of benzene rings is 1. The number of rotatable bonds is 3. The molecule has 3 rings (SSSR count). The Morgan fingerprint density at radius 2 is 1.95 bits per heavy atom. The summed E-state index contributed by atoms with van der Waals surface area (Å²) in [6, 6.07) is 10.7. The first-order valence-electron chi connectivity index (χ1n) is 6.73. The van der Waals surface area contributed by atoms with Crippen LogP contribution in [-0.2, 0) is 4.74 Å². The van der Waals surface area contributed by atoms with E-state index in [9.17, 15) is 0 Å². The lowest BCUT2D eigenvalue weighted by Gasteiger charge is -2.34. The van der Waals surface area contributed by atoms with Crippen molar-refractivity contribution in [2.75, 3.05) is 21.2 Å². The Morgan fingerprint density at radius 1 is 1.20 bits per heavy atom. The van der Waals surface area contributed by atoms with Gasteiger partial charge in [-0.15, -0.1) is 0 Å². The second-order valence-corrected chi connectivity index (χ2v) is 5.21. The molecule has 2 aromatic rings. The zero-order valence-corrected chi connectivity index (χ0v) is 12.0. The molecule has 4 heteroatoms. The normalized spacial score (nSPS) is 21.5. The Hall–Kier alpha value is -2.07. The van der Waals surface area contributed by atoms with Gasteiger partial charge in [-0.2, -0.15) is 0 Å². The van der Waals surface area contributed by atoms with Gasteiger partial charge in [0, 0.05) is 18.3 Å². The monoisotopic (exact) mass is 269 g/mol. The number of methoxy groups -OCH3 is 1. The molecule has 1 aromatic heterocycles. The average molecular weight is 269 g/mol. The van der Waals surface area contributed by atoms with Gasteiger partial charge < -0.3 is 4.74 Å². The van der Waals surface area contributed by atoms with Crippen molar-refractivity contribution < 1.29 is 4.74 Å². The van der Waals surface area contributed by atoms with E-state index in [4.69, 9.17) is 4.74 Å². The van der Waals surface area contributed by atoms with Crippen LogP contribution < -0.4 is 0 Å². The molecular weight excluding hydrogens is 250 g/mol. The number of nitrogens with zero attached hydrogens (tertiary/aromatic N) is 3. The molecule has 4 nitrogen and oxygen atoms in total. The highest BCUT2D eigenvalue weighted by molar-refractivity contribution is 5.48. The van der Waals surface area contributed by atoms with Gasteiger partial charge in [-0.25, -0.2) is 4.98 Å². The summed E-state index contributed by atoms with van der Waals surface area (Å²) in [6.07, 6.45) is 5.95. The van der Waals surface area contributed by atoms with Crippen molar-refractivity contribution in [3.63, 3.8) is 0 Å². The lowest BCUT2D eigenvalue weighted by molar-refractivity contribution is 0.243. The van der Waals surface area contributed by atoms with E-state index in [1.165, 1.54) is 5.56 Å². The third-order valence-corrected chi connectivity index (χ3v) is 3.78. The predicted molar refractivity (Wildman–Crippen MR) is 79.1 cm³/mol. The van der Waals surface area contributed by atoms with Crippen LogP contribution in [0.5, 0.6) is 0 Å². The first-order chi connectivity index (χ1) is 9.72. The smallest absolute Gasteiger partial charge is 0.195 e. The van der Waals surface area contributed by atoms with Gasteiger partial charge in [-0.3, -0.25) is 9.47 Å². The molecule has 0 unspecified atom stereocenters. The topological polar surface area (TPSA) is 30.3 Å². The molecule has 0 saturated carbocycles. The Morgan fingerprint density at radius 3 is 2.60 bits per heavy atom. The summed E-state index contributed by atoms with van der Waals surface area (Å²) in [5.41, 5.74) is 1.27. The van der Waals surface area contributed by atoms with Crippen LogP contribution in [0, 0.1) is 0 Å². The fourth-order valence-electron chi connectivity index (χ4n) is 2.88. The van der Waals surface area contributed by atoms with Crippen molar-refractivity contribution in [1.29, 1.82) is 0 Å². The van der Waals surface area contributed by atoms with Gasteiger partial charge >= 0.3 is 0 Å². The highest BCUT2D eigenvalue weighted by Gasteiger charge is 2.33. The van der Waals surface area contributed by atoms with Gasteiger partial charge in [-0.1, -0.05) is 30.3 Å². The Kier molecular flexibility index (Phi) is 3.32. The number of ether oxygens (including phenoxy) is 1. The fourth-order valence-corrected chi connectivity index (χ4v) is 2.88. The number of aromatic nitrogens is 2. The molecule has 1 aromatic carbocycles. The highest BCUT2D eigenvalue weighted by Crippen LogP contribution is 2.40. The maximum Gasteiger partial charge on any atom is 0.195 e. The van der Waals surface area contributed by atoms with Gasteiger partial charge in [0.15, 0.2) is 5.88 Å². The van der Waals surface area contributed by atoms with E-state index in [2.05, 4.69) is 54.3 Å². The molecule has 1 aliphatic rings. The van der Waals surface area contributed by atoms with Gasteiger partial charge in [0.25, 0.3) is 0 Å². The molecule has 0 N–H and O–H groups in total. The second-order valence-electron chi connectivity index (χ2n) is 5.21. The van der Waals surface area contributed by atoms with Crippen molar-refractivity contribution in [2.45, 2.75) is 12.0 Å². The summed E-state index contributed by atoms with van der Waals surface area (Å²) in [5, 5.41) is 0. The molecule has 0 aliphatic carbocycles. The number of likely N-dealkylation sites (N-methyl/N-ethyl adjacent to an activating group) is 1. The van der Waals surface area contributed by atoms with Gasteiger partial charge in [0.2, 0.25) is 0 Å². The molecule has 0 bridgehead atoms. The van der Waals surface area contributed by atoms with Crippen LogP contribution in [-0.4, -0.2) is 35.7 Å². The summed E-state index contributed by atoms with van der Waals surface area (Å²) in [4.78, 5) is 6.74. The molecule has 0 saturated heterocycles. The van der Waals surface area contributed by atoms with E-state index < -0.39 is 0 Å². The van der Waals surface area contributed by atoms with Gasteiger partial charge in [0.1, 0.15) is 5.82 Å². The first-order valence-corrected chi connectivity index (χ1v) is 6.73. The summed E-state index contributed by atoms with van der Waals surface area (Å²) in [7, 11) is 5.88. The van der Waals surface area contributed by atoms with Crippen LogP contribution in [0.3, 0.4) is 0 Å². The molecule has 1 aliphatic heterocycles. The van der Waals surface area contributed by atoms with Crippen LogP contribution in [0.15, 0.2) is 48.8 Å². The van der Waals surface area contributed by atoms with Crippen LogP contribution >= 0.6 is 0 Å². The summed E-state index contributed by atoms with van der Waals surface area (Å²) in [5.74, 6) is 2.09. The molecule has 2 heterocycles. The molecule has 0 spiro atoms. The first kappa shape index (κ1) is 12.9. The zero-order valence-electron chi connectivity index (χ0n) is 12.0. The van der Waals surface area contributed by atoms with Gasteiger partial charge in [0.05, 0.1) is 13.2 Å². The standard InChI is InChI=1S/C16H19N3O/c1-18(2)15-13(12-7-5-4-6-8-12)11-14(20-3)19-10-9-17-16(15)19/h4-11,13,15H,1-3H3/t13-,15-/m1/s1. The maximum atomic E-state index is 5.52. The van der Waals surface area contributed by atoms with E-state index in [1.807, 2.05) is 23.0 Å². The summed E-state index contributed by atoms with van der Waals surface area (Å²) >= 11 is 0. The molecule has 0 amide bonds. The van der Waals surface area contributed by atoms with Crippen LogP contribution in [0.4, 0.5) is 0 Å². The lowest BCUT2D eigenvalue weighted by atomic mass is 9.88. The summed E-state index contributed by atoms with van der Waals surface area (Å²) in [6.45, 7) is 0. The molecular formula is C16H19N3O. The largest absolute Gasteiger partial charge is 0.482 e. The third kappa shape index (κ3) is 2.02. The molecule has 2 atom stereocenters. The number of imidazole rings is 1. The SMILES string of the molecule is COC1=C[C@H](c2ccccc2)[C@@H](N(C)C)c2nccn21. The Bertz CT molecular complexity index is 616. The molecule has 20 heavy (non-hydrogen) atoms. The minimum Gasteiger partial charge on any atom is -0.482 e. The predicted octanol–water partition coefficient (Wildman–Crippen LogP) is 2.73. The molecule has 0 radical (unpaired) electrons. The number of hydrogen-bond donors (Lipinski definition) is 0. The maximum absolute atomic E-state index is 5.52. The van der Waals surface area contributed by atoms with E-state index >= 15 is 0 Å². The van der Waals surface area contributed by atoms with E-state index in [0.29, 0.717) is 0 Å². The fraction of sp³-hybridized carbons (Fsp3) is 0.312. The van der Waals surface area contributed by atoms with Crippen molar-refractivity contribution >= 4 is 5.88 Å². The van der Waals surface area contributed by atoms with Crippen LogP contribution in [0.2, 0.25) is 0 Å². The van der Waals surface area contributed by atoms with Crippen LogP contribution in [0.1, 0.15) is 23.3 Å². The number of hydrogen-bond acceptors (Lipinski definition) is 3. The Balaban J connectivity index is 2.13.